The Morgan fingerprint density at radius 2 is 2.08 bits per heavy atom. The highest BCUT2D eigenvalue weighted by atomic mass is 35.5. The molecule has 0 saturated carbocycles. The summed E-state index contributed by atoms with van der Waals surface area (Å²) < 4.78 is 30.2. The number of nitrogens with zero attached hydrogens (tertiary/aromatic N) is 2. The van der Waals surface area contributed by atoms with Crippen LogP contribution in [0.4, 0.5) is 0 Å². The number of amides is 1. The van der Waals surface area contributed by atoms with Gasteiger partial charge >= 0.3 is 0 Å². The number of halogens is 1. The largest absolute Gasteiger partial charge is 0.496 e. The number of carbonyl (C=O) groups is 1. The molecule has 0 aliphatic carbocycles. The van der Waals surface area contributed by atoms with Crippen LogP contribution in [0.2, 0.25) is 5.02 Å². The molecular formula is C16H19ClN2O4S. The van der Waals surface area contributed by atoms with Crippen LogP contribution in [0, 0.1) is 5.41 Å². The number of hydrogen-bond acceptors (Lipinski definition) is 4. The van der Waals surface area contributed by atoms with Crippen molar-refractivity contribution >= 4 is 27.5 Å². The zero-order chi connectivity index (χ0) is 17.5. The highest BCUT2D eigenvalue weighted by Gasteiger charge is 2.51. The third kappa shape index (κ3) is 2.92. The topological polar surface area (TPSA) is 66.9 Å². The molecule has 2 saturated heterocycles. The molecule has 2 aliphatic rings. The van der Waals surface area contributed by atoms with Crippen LogP contribution in [-0.2, 0) is 10.0 Å². The molecule has 6 nitrogen and oxygen atoms in total. The molecule has 0 aromatic heterocycles. The molecule has 2 aliphatic heterocycles. The van der Waals surface area contributed by atoms with Gasteiger partial charge in [0.2, 0.25) is 10.0 Å². The number of carbonyl (C=O) groups excluding carboxylic acids is 1. The van der Waals surface area contributed by atoms with E-state index in [1.54, 1.807) is 23.1 Å². The molecule has 1 aromatic carbocycles. The van der Waals surface area contributed by atoms with Gasteiger partial charge in [-0.25, -0.2) is 8.42 Å². The summed E-state index contributed by atoms with van der Waals surface area (Å²) >= 11 is 6.00. The Labute approximate surface area is 146 Å². The summed E-state index contributed by atoms with van der Waals surface area (Å²) in [6, 6.07) is 4.94. The van der Waals surface area contributed by atoms with Crippen molar-refractivity contribution in [1.82, 2.24) is 9.21 Å². The summed E-state index contributed by atoms with van der Waals surface area (Å²) in [5.41, 5.74) is 0.273. The van der Waals surface area contributed by atoms with Gasteiger partial charge in [-0.15, -0.1) is 0 Å². The third-order valence-corrected chi connectivity index (χ3v) is 6.35. The van der Waals surface area contributed by atoms with Crippen molar-refractivity contribution in [3.8, 4) is 5.75 Å². The fraction of sp³-hybridized carbons (Fsp3) is 0.438. The van der Waals surface area contributed by atoms with Gasteiger partial charge in [0.15, 0.2) is 0 Å². The number of benzene rings is 1. The van der Waals surface area contributed by atoms with Crippen molar-refractivity contribution in [3.63, 3.8) is 0 Å². The summed E-state index contributed by atoms with van der Waals surface area (Å²) in [5, 5.41) is 1.44. The highest BCUT2D eigenvalue weighted by Crippen LogP contribution is 2.42. The van der Waals surface area contributed by atoms with Crippen molar-refractivity contribution in [2.75, 3.05) is 33.3 Å². The zero-order valence-corrected chi connectivity index (χ0v) is 14.9. The van der Waals surface area contributed by atoms with Gasteiger partial charge in [-0.1, -0.05) is 18.2 Å². The predicted octanol–water partition coefficient (Wildman–Crippen LogP) is 1.97. The Kier molecular flexibility index (Phi) is 4.36. The van der Waals surface area contributed by atoms with Crippen LogP contribution in [0.25, 0.3) is 0 Å². The van der Waals surface area contributed by atoms with Crippen LogP contribution in [0.5, 0.6) is 5.75 Å². The van der Waals surface area contributed by atoms with E-state index in [1.807, 2.05) is 0 Å². The molecule has 3 rings (SSSR count). The number of sulfonamides is 1. The Bertz CT molecular complexity index is 787. The Hall–Kier alpha value is -1.57. The highest BCUT2D eigenvalue weighted by molar-refractivity contribution is 7.92. The van der Waals surface area contributed by atoms with Crippen LogP contribution >= 0.6 is 11.6 Å². The maximum atomic E-state index is 12.8. The van der Waals surface area contributed by atoms with E-state index in [1.165, 1.54) is 11.4 Å². The first-order chi connectivity index (χ1) is 11.3. The summed E-state index contributed by atoms with van der Waals surface area (Å²) in [4.78, 5) is 14.5. The van der Waals surface area contributed by atoms with Gasteiger partial charge in [-0.05, 0) is 24.6 Å². The lowest BCUT2D eigenvalue weighted by atomic mass is 9.81. The fourth-order valence-electron chi connectivity index (χ4n) is 3.37. The molecule has 130 valence electrons. The summed E-state index contributed by atoms with van der Waals surface area (Å²) in [5.74, 6) is 0.339. The molecule has 0 bridgehead atoms. The van der Waals surface area contributed by atoms with E-state index in [0.29, 0.717) is 42.5 Å². The first-order valence-corrected chi connectivity index (χ1v) is 9.44. The second kappa shape index (κ2) is 6.06. The van der Waals surface area contributed by atoms with Crippen molar-refractivity contribution in [2.45, 2.75) is 6.42 Å². The first kappa shape index (κ1) is 17.3. The van der Waals surface area contributed by atoms with Crippen LogP contribution in [0.1, 0.15) is 16.8 Å². The van der Waals surface area contributed by atoms with Crippen molar-refractivity contribution in [2.24, 2.45) is 5.41 Å². The number of hydrogen-bond donors (Lipinski definition) is 0. The number of ether oxygens (including phenoxy) is 1. The molecule has 1 amide bonds. The Morgan fingerprint density at radius 1 is 1.38 bits per heavy atom. The normalized spacial score (nSPS) is 20.0. The number of rotatable bonds is 4. The van der Waals surface area contributed by atoms with Gasteiger partial charge < -0.3 is 9.64 Å². The summed E-state index contributed by atoms with van der Waals surface area (Å²) in [7, 11) is -1.87. The van der Waals surface area contributed by atoms with E-state index in [-0.39, 0.29) is 11.3 Å². The smallest absolute Gasteiger partial charge is 0.257 e. The average molecular weight is 371 g/mol. The van der Waals surface area contributed by atoms with Gasteiger partial charge in [0, 0.05) is 42.0 Å². The predicted molar refractivity (Wildman–Crippen MR) is 91.6 cm³/mol. The quantitative estimate of drug-likeness (QED) is 0.812. The molecule has 24 heavy (non-hydrogen) atoms. The average Bonchev–Trinajstić information content (AvgIpc) is 2.98. The molecular weight excluding hydrogens is 352 g/mol. The zero-order valence-electron chi connectivity index (χ0n) is 13.4. The minimum Gasteiger partial charge on any atom is -0.496 e. The van der Waals surface area contributed by atoms with Crippen LogP contribution in [0.3, 0.4) is 0 Å². The lowest BCUT2D eigenvalue weighted by Gasteiger charge is -2.46. The lowest BCUT2D eigenvalue weighted by Crippen LogP contribution is -2.59. The van der Waals surface area contributed by atoms with Crippen LogP contribution in [-0.4, -0.2) is 56.8 Å². The van der Waals surface area contributed by atoms with E-state index in [2.05, 4.69) is 6.58 Å². The van der Waals surface area contributed by atoms with Crippen molar-refractivity contribution in [3.05, 3.63) is 40.8 Å². The monoisotopic (exact) mass is 370 g/mol. The SMILES string of the molecule is C=CS(=O)(=O)N1CC2(CCN(C(=O)c3cc(Cl)ccc3OC)C2)C1. The van der Waals surface area contributed by atoms with E-state index in [9.17, 15) is 13.2 Å². The molecule has 8 heteroatoms. The van der Waals surface area contributed by atoms with E-state index in [0.717, 1.165) is 11.8 Å². The molecule has 0 radical (unpaired) electrons. The number of methoxy groups -OCH3 is 1. The lowest BCUT2D eigenvalue weighted by molar-refractivity contribution is 0.0626. The molecule has 0 N–H and O–H groups in total. The van der Waals surface area contributed by atoms with Crippen LogP contribution < -0.4 is 4.74 Å². The maximum absolute atomic E-state index is 12.8. The summed E-state index contributed by atoms with van der Waals surface area (Å²) in [6.45, 7) is 5.32. The molecule has 1 spiro atoms. The second-order valence-electron chi connectivity index (χ2n) is 6.30. The van der Waals surface area contributed by atoms with Crippen molar-refractivity contribution in [1.29, 1.82) is 0 Å². The van der Waals surface area contributed by atoms with Gasteiger partial charge in [0.25, 0.3) is 5.91 Å². The van der Waals surface area contributed by atoms with Gasteiger partial charge in [-0.2, -0.15) is 4.31 Å². The third-order valence-electron chi connectivity index (χ3n) is 4.71. The fourth-order valence-corrected chi connectivity index (χ4v) is 4.66. The molecule has 0 atom stereocenters. The molecule has 2 fully saturated rings. The minimum absolute atomic E-state index is 0.142. The Balaban J connectivity index is 1.72. The summed E-state index contributed by atoms with van der Waals surface area (Å²) in [6.07, 6.45) is 0.783. The van der Waals surface area contributed by atoms with Gasteiger partial charge in [0.05, 0.1) is 12.7 Å². The van der Waals surface area contributed by atoms with E-state index < -0.39 is 10.0 Å². The standard InChI is InChI=1S/C16H19ClN2O4S/c1-3-24(21,22)19-10-16(11-19)6-7-18(9-16)15(20)13-8-12(17)4-5-14(13)23-2/h3-5,8H,1,6-7,9-11H2,2H3. The Morgan fingerprint density at radius 3 is 2.71 bits per heavy atom. The molecule has 2 heterocycles. The molecule has 1 aromatic rings. The van der Waals surface area contributed by atoms with Gasteiger partial charge in [-0.3, -0.25) is 4.79 Å². The van der Waals surface area contributed by atoms with E-state index >= 15 is 0 Å². The maximum Gasteiger partial charge on any atom is 0.257 e. The number of likely N-dealkylation sites (tertiary alicyclic amines) is 1. The molecule has 0 unspecified atom stereocenters. The van der Waals surface area contributed by atoms with Crippen LogP contribution in [0.15, 0.2) is 30.2 Å². The second-order valence-corrected chi connectivity index (χ2v) is 8.62. The van der Waals surface area contributed by atoms with Crippen molar-refractivity contribution < 1.29 is 17.9 Å². The van der Waals surface area contributed by atoms with Gasteiger partial charge in [0.1, 0.15) is 5.75 Å². The first-order valence-electron chi connectivity index (χ1n) is 7.56. The minimum atomic E-state index is -3.37. The van der Waals surface area contributed by atoms with E-state index in [4.69, 9.17) is 16.3 Å².